The van der Waals surface area contributed by atoms with Gasteiger partial charge in [0.1, 0.15) is 0 Å². The Hall–Kier alpha value is -0.860. The van der Waals surface area contributed by atoms with Gasteiger partial charge < -0.3 is 5.11 Å². The number of hydrogen-bond acceptors (Lipinski definition) is 2. The molecule has 0 aromatic heterocycles. The number of benzene rings is 1. The molecule has 13 heavy (non-hydrogen) atoms. The van der Waals surface area contributed by atoms with Crippen molar-refractivity contribution in [2.75, 3.05) is 6.73 Å². The summed E-state index contributed by atoms with van der Waals surface area (Å²) in [6.07, 6.45) is 0. The third-order valence-corrected chi connectivity index (χ3v) is 2.10. The van der Waals surface area contributed by atoms with Gasteiger partial charge in [-0.05, 0) is 17.0 Å². The highest BCUT2D eigenvalue weighted by Gasteiger charge is 2.03. The van der Waals surface area contributed by atoms with Crippen LogP contribution in [0.3, 0.4) is 0 Å². The molecule has 1 rings (SSSR count). The van der Waals surface area contributed by atoms with E-state index in [4.69, 9.17) is 5.11 Å². The second-order valence-corrected chi connectivity index (χ2v) is 3.44. The van der Waals surface area contributed by atoms with E-state index in [9.17, 15) is 0 Å². The molecule has 0 unspecified atom stereocenters. The third-order valence-electron chi connectivity index (χ3n) is 2.10. The fraction of sp³-hybridized carbons (Fsp3) is 0.455. The standard InChI is InChI=1S/C11H17NO/c1-9(2)11-6-4-3-5-10(11)7-12-8-13/h3-6,9,12-13H,7-8H2,1-2H3. The van der Waals surface area contributed by atoms with Crippen LogP contribution in [-0.2, 0) is 6.54 Å². The summed E-state index contributed by atoms with van der Waals surface area (Å²) in [6.45, 7) is 5.13. The van der Waals surface area contributed by atoms with Gasteiger partial charge in [0.25, 0.3) is 0 Å². The van der Waals surface area contributed by atoms with Crippen LogP contribution in [0.1, 0.15) is 30.9 Å². The summed E-state index contributed by atoms with van der Waals surface area (Å²) < 4.78 is 0. The molecule has 72 valence electrons. The first-order chi connectivity index (χ1) is 6.25. The van der Waals surface area contributed by atoms with Crippen molar-refractivity contribution >= 4 is 0 Å². The van der Waals surface area contributed by atoms with Crippen LogP contribution in [-0.4, -0.2) is 11.8 Å². The maximum absolute atomic E-state index is 8.65. The molecule has 2 N–H and O–H groups in total. The monoisotopic (exact) mass is 179 g/mol. The molecule has 0 aliphatic rings. The lowest BCUT2D eigenvalue weighted by molar-refractivity contribution is 0.259. The second kappa shape index (κ2) is 5.00. The summed E-state index contributed by atoms with van der Waals surface area (Å²) in [5.74, 6) is 0.539. The van der Waals surface area contributed by atoms with E-state index >= 15 is 0 Å². The Labute approximate surface area is 79.6 Å². The number of aliphatic hydroxyl groups excluding tert-OH is 1. The summed E-state index contributed by atoms with van der Waals surface area (Å²) in [5, 5.41) is 11.6. The highest BCUT2D eigenvalue weighted by molar-refractivity contribution is 5.29. The Morgan fingerprint density at radius 1 is 1.31 bits per heavy atom. The Kier molecular flexibility index (Phi) is 3.93. The molecule has 2 heteroatoms. The fourth-order valence-electron chi connectivity index (χ4n) is 1.45. The maximum Gasteiger partial charge on any atom is 0.0934 e. The van der Waals surface area contributed by atoms with Crippen LogP contribution in [0.5, 0.6) is 0 Å². The minimum absolute atomic E-state index is 0.0342. The normalized spacial score (nSPS) is 10.8. The first-order valence-corrected chi connectivity index (χ1v) is 4.65. The zero-order valence-electron chi connectivity index (χ0n) is 8.25. The largest absolute Gasteiger partial charge is 0.381 e. The molecule has 1 aromatic rings. The molecule has 0 atom stereocenters. The van der Waals surface area contributed by atoms with Crippen LogP contribution in [0.25, 0.3) is 0 Å². The Balaban J connectivity index is 2.78. The van der Waals surface area contributed by atoms with E-state index in [1.807, 2.05) is 6.07 Å². The smallest absolute Gasteiger partial charge is 0.0934 e. The average Bonchev–Trinajstić information content (AvgIpc) is 2.15. The van der Waals surface area contributed by atoms with E-state index < -0.39 is 0 Å². The van der Waals surface area contributed by atoms with Crippen LogP contribution in [0.2, 0.25) is 0 Å². The predicted octanol–water partition coefficient (Wildman–Crippen LogP) is 1.85. The minimum atomic E-state index is 0.0342. The van der Waals surface area contributed by atoms with Crippen molar-refractivity contribution in [1.29, 1.82) is 0 Å². The quantitative estimate of drug-likeness (QED) is 0.691. The van der Waals surface area contributed by atoms with Gasteiger partial charge in [0.05, 0.1) is 6.73 Å². The van der Waals surface area contributed by atoms with Gasteiger partial charge in [-0.1, -0.05) is 38.1 Å². The molecular formula is C11H17NO. The first-order valence-electron chi connectivity index (χ1n) is 4.65. The van der Waals surface area contributed by atoms with E-state index in [0.29, 0.717) is 5.92 Å². The highest BCUT2D eigenvalue weighted by atomic mass is 16.3. The van der Waals surface area contributed by atoms with Crippen LogP contribution in [0.4, 0.5) is 0 Å². The van der Waals surface area contributed by atoms with Gasteiger partial charge in [-0.2, -0.15) is 0 Å². The first kappa shape index (κ1) is 10.2. The van der Waals surface area contributed by atoms with Gasteiger partial charge in [0.15, 0.2) is 0 Å². The van der Waals surface area contributed by atoms with Crippen molar-refractivity contribution in [1.82, 2.24) is 5.32 Å². The molecular weight excluding hydrogens is 162 g/mol. The van der Waals surface area contributed by atoms with Gasteiger partial charge >= 0.3 is 0 Å². The van der Waals surface area contributed by atoms with Gasteiger partial charge in [-0.25, -0.2) is 0 Å². The van der Waals surface area contributed by atoms with Crippen molar-refractivity contribution in [2.24, 2.45) is 0 Å². The van der Waals surface area contributed by atoms with Crippen molar-refractivity contribution in [3.8, 4) is 0 Å². The topological polar surface area (TPSA) is 32.3 Å². The number of nitrogens with one attached hydrogen (secondary N) is 1. The molecule has 0 aliphatic carbocycles. The van der Waals surface area contributed by atoms with Crippen molar-refractivity contribution in [2.45, 2.75) is 26.3 Å². The summed E-state index contributed by atoms with van der Waals surface area (Å²) in [7, 11) is 0. The van der Waals surface area contributed by atoms with Gasteiger partial charge in [-0.15, -0.1) is 0 Å². The Morgan fingerprint density at radius 2 is 2.00 bits per heavy atom. The summed E-state index contributed by atoms with van der Waals surface area (Å²) >= 11 is 0. The third kappa shape index (κ3) is 2.83. The fourth-order valence-corrected chi connectivity index (χ4v) is 1.45. The molecule has 2 nitrogen and oxygen atoms in total. The Bertz CT molecular complexity index is 258. The van der Waals surface area contributed by atoms with Crippen molar-refractivity contribution in [3.63, 3.8) is 0 Å². The van der Waals surface area contributed by atoms with Gasteiger partial charge in [-0.3, -0.25) is 5.32 Å². The molecule has 0 bridgehead atoms. The highest BCUT2D eigenvalue weighted by Crippen LogP contribution is 2.18. The predicted molar refractivity (Wildman–Crippen MR) is 54.5 cm³/mol. The molecule has 1 aromatic carbocycles. The summed E-state index contributed by atoms with van der Waals surface area (Å²) in [5.41, 5.74) is 2.62. The van der Waals surface area contributed by atoms with Crippen molar-refractivity contribution in [3.05, 3.63) is 35.4 Å². The molecule has 0 fully saturated rings. The van der Waals surface area contributed by atoms with E-state index in [2.05, 4.69) is 37.4 Å². The summed E-state index contributed by atoms with van der Waals surface area (Å²) in [4.78, 5) is 0. The molecule has 0 radical (unpaired) electrons. The molecule has 0 heterocycles. The van der Waals surface area contributed by atoms with E-state index in [-0.39, 0.29) is 6.73 Å². The van der Waals surface area contributed by atoms with Crippen molar-refractivity contribution < 1.29 is 5.11 Å². The lowest BCUT2D eigenvalue weighted by Crippen LogP contribution is -2.15. The number of rotatable bonds is 4. The average molecular weight is 179 g/mol. The molecule has 0 aliphatic heterocycles. The molecule has 0 amide bonds. The van der Waals surface area contributed by atoms with Crippen LogP contribution in [0.15, 0.2) is 24.3 Å². The molecule has 0 saturated carbocycles. The van der Waals surface area contributed by atoms with Gasteiger partial charge in [0.2, 0.25) is 0 Å². The van der Waals surface area contributed by atoms with E-state index in [1.54, 1.807) is 0 Å². The lowest BCUT2D eigenvalue weighted by atomic mass is 9.97. The lowest BCUT2D eigenvalue weighted by Gasteiger charge is -2.12. The zero-order valence-corrected chi connectivity index (χ0v) is 8.25. The molecule has 0 saturated heterocycles. The SMILES string of the molecule is CC(C)c1ccccc1CNCO. The van der Waals surface area contributed by atoms with E-state index in [1.165, 1.54) is 11.1 Å². The van der Waals surface area contributed by atoms with E-state index in [0.717, 1.165) is 6.54 Å². The number of hydrogen-bond donors (Lipinski definition) is 2. The maximum atomic E-state index is 8.65. The second-order valence-electron chi connectivity index (χ2n) is 3.44. The zero-order chi connectivity index (χ0) is 9.68. The van der Waals surface area contributed by atoms with Crippen LogP contribution in [0, 0.1) is 0 Å². The number of aliphatic hydroxyl groups is 1. The van der Waals surface area contributed by atoms with Crippen LogP contribution < -0.4 is 5.32 Å². The van der Waals surface area contributed by atoms with Crippen LogP contribution >= 0.6 is 0 Å². The van der Waals surface area contributed by atoms with Gasteiger partial charge in [0, 0.05) is 6.54 Å². The molecule has 0 spiro atoms. The Morgan fingerprint density at radius 3 is 2.62 bits per heavy atom. The summed E-state index contributed by atoms with van der Waals surface area (Å²) in [6, 6.07) is 8.31. The minimum Gasteiger partial charge on any atom is -0.381 e.